The number of fused-ring (bicyclic) bond motifs is 1. The Labute approximate surface area is 219 Å². The van der Waals surface area contributed by atoms with Crippen LogP contribution in [0.25, 0.3) is 28.0 Å². The summed E-state index contributed by atoms with van der Waals surface area (Å²) in [6, 6.07) is 15.5. The minimum atomic E-state index is -1.30. The Balaban J connectivity index is 1.48. The van der Waals surface area contributed by atoms with Crippen molar-refractivity contribution in [2.75, 3.05) is 29.4 Å². The molecule has 2 fully saturated rings. The zero-order chi connectivity index (χ0) is 26.4. The molecular formula is C29H27N5O4. The molecule has 0 radical (unpaired) electrons. The number of carbonyl (C=O) groups is 1. The van der Waals surface area contributed by atoms with Crippen molar-refractivity contribution in [2.24, 2.45) is 0 Å². The molecule has 192 valence electrons. The predicted octanol–water partition coefficient (Wildman–Crippen LogP) is 4.80. The number of nitrogens with zero attached hydrogens (tertiary/aromatic N) is 5. The largest absolute Gasteiger partial charge is 0.477 e. The molecule has 1 N–H and O–H groups in total. The van der Waals surface area contributed by atoms with Gasteiger partial charge in [0.1, 0.15) is 17.1 Å². The molecule has 1 atom stereocenters. The molecule has 1 unspecified atom stereocenters. The first-order valence-corrected chi connectivity index (χ1v) is 12.9. The van der Waals surface area contributed by atoms with Crippen LogP contribution in [-0.4, -0.2) is 46.3 Å². The van der Waals surface area contributed by atoms with Gasteiger partial charge in [-0.2, -0.15) is 10.2 Å². The average Bonchev–Trinajstić information content (AvgIpc) is 3.68. The Morgan fingerprint density at radius 2 is 1.92 bits per heavy atom. The molecule has 4 aromatic rings. The number of carboxylic acids is 1. The monoisotopic (exact) mass is 509 g/mol. The summed E-state index contributed by atoms with van der Waals surface area (Å²) in [5, 5.41) is 19.6. The van der Waals surface area contributed by atoms with E-state index < -0.39 is 11.4 Å². The number of rotatable bonds is 5. The van der Waals surface area contributed by atoms with Crippen molar-refractivity contribution in [2.45, 2.75) is 38.6 Å². The van der Waals surface area contributed by atoms with Crippen LogP contribution in [0.3, 0.4) is 0 Å². The van der Waals surface area contributed by atoms with Crippen molar-refractivity contribution in [3.05, 3.63) is 70.0 Å². The smallest absolute Gasteiger partial charge is 0.341 e. The number of aromatic carboxylic acids is 1. The highest BCUT2D eigenvalue weighted by atomic mass is 16.4. The molecule has 0 spiro atoms. The number of carboxylic acid groups (broad SMARTS) is 1. The van der Waals surface area contributed by atoms with Gasteiger partial charge in [0, 0.05) is 55.3 Å². The maximum absolute atomic E-state index is 12.8. The summed E-state index contributed by atoms with van der Waals surface area (Å²) in [7, 11) is 0. The van der Waals surface area contributed by atoms with Gasteiger partial charge in [0.2, 0.25) is 0 Å². The normalized spacial score (nSPS) is 17.3. The molecule has 9 heteroatoms. The second-order valence-corrected chi connectivity index (χ2v) is 9.98. The Morgan fingerprint density at radius 3 is 2.63 bits per heavy atom. The van der Waals surface area contributed by atoms with Crippen LogP contribution in [-0.2, 0) is 0 Å². The lowest BCUT2D eigenvalue weighted by Gasteiger charge is -2.20. The molecular weight excluding hydrogens is 482 g/mol. The van der Waals surface area contributed by atoms with Gasteiger partial charge in [0.15, 0.2) is 11.0 Å². The minimum absolute atomic E-state index is 0.341. The Morgan fingerprint density at radius 1 is 1.11 bits per heavy atom. The summed E-state index contributed by atoms with van der Waals surface area (Å²) in [6.07, 6.45) is 5.69. The van der Waals surface area contributed by atoms with E-state index in [0.29, 0.717) is 45.7 Å². The van der Waals surface area contributed by atoms with Crippen molar-refractivity contribution in [1.29, 1.82) is 5.26 Å². The van der Waals surface area contributed by atoms with Crippen LogP contribution in [0.4, 0.5) is 11.7 Å². The number of hydrogen-bond acceptors (Lipinski definition) is 7. The van der Waals surface area contributed by atoms with Crippen LogP contribution >= 0.6 is 0 Å². The lowest BCUT2D eigenvalue weighted by atomic mass is 10.0. The Kier molecular flexibility index (Phi) is 5.87. The zero-order valence-corrected chi connectivity index (χ0v) is 21.1. The molecule has 2 aromatic carbocycles. The number of anilines is 2. The van der Waals surface area contributed by atoms with E-state index in [1.807, 2.05) is 24.3 Å². The molecule has 2 aliphatic heterocycles. The maximum Gasteiger partial charge on any atom is 0.341 e. The zero-order valence-electron chi connectivity index (χ0n) is 21.1. The lowest BCUT2D eigenvalue weighted by molar-refractivity contribution is 0.0695. The summed E-state index contributed by atoms with van der Waals surface area (Å²) in [6.45, 7) is 4.85. The fraction of sp³-hybridized carbons (Fsp3) is 0.310. The van der Waals surface area contributed by atoms with Crippen molar-refractivity contribution in [1.82, 2.24) is 9.55 Å². The Bertz CT molecular complexity index is 1660. The number of oxazole rings is 1. The first kappa shape index (κ1) is 23.8. The molecule has 0 saturated carbocycles. The van der Waals surface area contributed by atoms with E-state index in [1.54, 1.807) is 16.7 Å². The highest BCUT2D eigenvalue weighted by Crippen LogP contribution is 2.32. The molecule has 2 aliphatic rings. The summed E-state index contributed by atoms with van der Waals surface area (Å²) >= 11 is 0. The number of aromatic nitrogens is 2. The lowest BCUT2D eigenvalue weighted by Crippen LogP contribution is -2.26. The van der Waals surface area contributed by atoms with E-state index in [-0.39, 0.29) is 5.56 Å². The van der Waals surface area contributed by atoms with Crippen LogP contribution in [0.5, 0.6) is 0 Å². The average molecular weight is 510 g/mol. The van der Waals surface area contributed by atoms with E-state index in [0.717, 1.165) is 51.0 Å². The van der Waals surface area contributed by atoms with Crippen LogP contribution < -0.4 is 15.2 Å². The molecule has 4 heterocycles. The first-order chi connectivity index (χ1) is 18.4. The third-order valence-corrected chi connectivity index (χ3v) is 7.58. The van der Waals surface area contributed by atoms with Gasteiger partial charge in [0.25, 0.3) is 6.01 Å². The molecule has 2 saturated heterocycles. The van der Waals surface area contributed by atoms with Crippen LogP contribution in [0.2, 0.25) is 0 Å². The molecule has 6 rings (SSSR count). The summed E-state index contributed by atoms with van der Waals surface area (Å²) in [5.41, 5.74) is 3.46. The fourth-order valence-corrected chi connectivity index (χ4v) is 5.54. The second kappa shape index (κ2) is 9.38. The molecule has 0 amide bonds. The van der Waals surface area contributed by atoms with E-state index in [1.165, 1.54) is 12.3 Å². The third-order valence-electron chi connectivity index (χ3n) is 7.58. The highest BCUT2D eigenvalue weighted by molar-refractivity contribution is 5.88. The quantitative estimate of drug-likeness (QED) is 0.408. The van der Waals surface area contributed by atoms with E-state index >= 15 is 0 Å². The number of pyridine rings is 1. The summed E-state index contributed by atoms with van der Waals surface area (Å²) < 4.78 is 7.78. The van der Waals surface area contributed by atoms with Crippen LogP contribution in [0.15, 0.2) is 57.9 Å². The van der Waals surface area contributed by atoms with Gasteiger partial charge in [-0.15, -0.1) is 0 Å². The van der Waals surface area contributed by atoms with E-state index in [9.17, 15) is 20.0 Å². The van der Waals surface area contributed by atoms with Gasteiger partial charge in [0.05, 0.1) is 16.9 Å². The standard InChI is InChI=1S/C29H27N5O4/c1-18-5-4-12-33(18)29-31-23-8-7-21(14-27(23)38-29)34-17-22(28(36)37)26(35)15-25(34)19-6-9-24(20(13-19)16-30)32-10-2-3-11-32/h6-9,13-15,17-18H,2-5,10-12H2,1H3,(H,36,37). The number of nitriles is 1. The van der Waals surface area contributed by atoms with Crippen LogP contribution in [0, 0.1) is 11.3 Å². The SMILES string of the molecule is CC1CCCN1c1nc2ccc(-n3cc(C(=O)O)c(=O)cc3-c3ccc(N4CCCC4)c(C#N)c3)cc2o1. The minimum Gasteiger partial charge on any atom is -0.477 e. The number of hydrogen-bond donors (Lipinski definition) is 1. The predicted molar refractivity (Wildman–Crippen MR) is 144 cm³/mol. The molecule has 38 heavy (non-hydrogen) atoms. The summed E-state index contributed by atoms with van der Waals surface area (Å²) in [5.74, 6) is -1.30. The molecule has 9 nitrogen and oxygen atoms in total. The Hall–Kier alpha value is -4.58. The number of benzene rings is 2. The second-order valence-electron chi connectivity index (χ2n) is 9.98. The molecule has 0 aliphatic carbocycles. The van der Waals surface area contributed by atoms with Gasteiger partial charge in [-0.05, 0) is 56.9 Å². The summed E-state index contributed by atoms with van der Waals surface area (Å²) in [4.78, 5) is 33.6. The first-order valence-electron chi connectivity index (χ1n) is 12.9. The van der Waals surface area contributed by atoms with Gasteiger partial charge in [-0.1, -0.05) is 6.07 Å². The van der Waals surface area contributed by atoms with Gasteiger partial charge in [-0.3, -0.25) is 4.79 Å². The van der Waals surface area contributed by atoms with Crippen LogP contribution in [0.1, 0.15) is 48.5 Å². The van der Waals surface area contributed by atoms with Crippen molar-refractivity contribution < 1.29 is 14.3 Å². The topological polar surface area (TPSA) is 116 Å². The molecule has 0 bridgehead atoms. The van der Waals surface area contributed by atoms with Crippen molar-refractivity contribution >= 4 is 28.8 Å². The van der Waals surface area contributed by atoms with Crippen molar-refractivity contribution in [3.8, 4) is 23.0 Å². The fourth-order valence-electron chi connectivity index (χ4n) is 5.54. The van der Waals surface area contributed by atoms with Gasteiger partial charge >= 0.3 is 5.97 Å². The molecule has 2 aromatic heterocycles. The highest BCUT2D eigenvalue weighted by Gasteiger charge is 2.25. The van der Waals surface area contributed by atoms with E-state index in [4.69, 9.17) is 4.42 Å². The van der Waals surface area contributed by atoms with Crippen molar-refractivity contribution in [3.63, 3.8) is 0 Å². The van der Waals surface area contributed by atoms with E-state index in [2.05, 4.69) is 27.8 Å². The maximum atomic E-state index is 12.8. The van der Waals surface area contributed by atoms with Gasteiger partial charge in [-0.25, -0.2) is 4.79 Å². The van der Waals surface area contributed by atoms with Gasteiger partial charge < -0.3 is 23.9 Å². The third kappa shape index (κ3) is 4.08.